The first-order valence-corrected chi connectivity index (χ1v) is 12.7. The van der Waals surface area contributed by atoms with Crippen LogP contribution >= 0.6 is 0 Å². The highest BCUT2D eigenvalue weighted by Crippen LogP contribution is 2.40. The first kappa shape index (κ1) is 21.5. The molecule has 1 aliphatic heterocycles. The van der Waals surface area contributed by atoms with Gasteiger partial charge in [0.05, 0.1) is 12.1 Å². The molecule has 3 aromatic heterocycles. The maximum atomic E-state index is 15.6. The third-order valence-electron chi connectivity index (χ3n) is 7.74. The van der Waals surface area contributed by atoms with Crippen molar-refractivity contribution in [1.82, 2.24) is 29.3 Å². The van der Waals surface area contributed by atoms with Gasteiger partial charge >= 0.3 is 0 Å². The number of halogens is 1. The number of fused-ring (bicyclic) bond motifs is 2. The number of nitrogen functional groups attached to an aromatic ring is 1. The van der Waals surface area contributed by atoms with E-state index in [-0.39, 0.29) is 5.82 Å². The van der Waals surface area contributed by atoms with Crippen molar-refractivity contribution in [2.45, 2.75) is 44.2 Å². The molecule has 0 radical (unpaired) electrons. The summed E-state index contributed by atoms with van der Waals surface area (Å²) in [6.07, 6.45) is 8.17. The fourth-order valence-electron chi connectivity index (χ4n) is 5.74. The average Bonchev–Trinajstić information content (AvgIpc) is 3.56. The number of hydrogen-bond acceptors (Lipinski definition) is 5. The third-order valence-corrected chi connectivity index (χ3v) is 7.74. The minimum atomic E-state index is -0.299. The lowest BCUT2D eigenvalue weighted by Gasteiger charge is -2.31. The zero-order chi connectivity index (χ0) is 24.2. The van der Waals surface area contributed by atoms with Crippen LogP contribution < -0.4 is 5.73 Å². The Morgan fingerprint density at radius 2 is 1.78 bits per heavy atom. The van der Waals surface area contributed by atoms with Crippen molar-refractivity contribution in [3.63, 3.8) is 0 Å². The Morgan fingerprint density at radius 3 is 2.56 bits per heavy atom. The third kappa shape index (κ3) is 3.73. The molecule has 0 amide bonds. The molecule has 2 aromatic carbocycles. The van der Waals surface area contributed by atoms with Gasteiger partial charge in [0, 0.05) is 40.4 Å². The molecule has 0 spiro atoms. The zero-order valence-corrected chi connectivity index (χ0v) is 20.0. The molecule has 5 aromatic rings. The van der Waals surface area contributed by atoms with Crippen LogP contribution in [0.15, 0.2) is 61.1 Å². The largest absolute Gasteiger partial charge is 0.382 e. The summed E-state index contributed by atoms with van der Waals surface area (Å²) in [5.41, 5.74) is 11.2. The van der Waals surface area contributed by atoms with Crippen LogP contribution in [-0.4, -0.2) is 48.4 Å². The van der Waals surface area contributed by atoms with Crippen LogP contribution in [0.2, 0.25) is 0 Å². The lowest BCUT2D eigenvalue weighted by atomic mass is 9.92. The number of benzene rings is 2. The lowest BCUT2D eigenvalue weighted by molar-refractivity contribution is 0.201. The van der Waals surface area contributed by atoms with Gasteiger partial charge in [-0.2, -0.15) is 10.2 Å². The fourth-order valence-corrected chi connectivity index (χ4v) is 5.74. The van der Waals surface area contributed by atoms with Crippen molar-refractivity contribution in [1.29, 1.82) is 0 Å². The Kier molecular flexibility index (Phi) is 5.02. The van der Waals surface area contributed by atoms with E-state index in [1.807, 2.05) is 39.7 Å². The first-order valence-electron chi connectivity index (χ1n) is 12.7. The highest BCUT2D eigenvalue weighted by atomic mass is 19.1. The minimum absolute atomic E-state index is 0.299. The van der Waals surface area contributed by atoms with Gasteiger partial charge in [-0.1, -0.05) is 30.3 Å². The van der Waals surface area contributed by atoms with Crippen molar-refractivity contribution in [3.05, 3.63) is 78.1 Å². The van der Waals surface area contributed by atoms with E-state index in [1.54, 1.807) is 6.07 Å². The molecule has 7 nitrogen and oxygen atoms in total. The van der Waals surface area contributed by atoms with Gasteiger partial charge in [0.15, 0.2) is 5.82 Å². The van der Waals surface area contributed by atoms with Gasteiger partial charge in [0.1, 0.15) is 17.7 Å². The standard InChI is InChI=1S/C28H28FN7/c29-24-12-20-16-35(15-18-4-2-1-3-5-18)33-25(20)13-22(24)23-14-26(36-27(23)28(30)31-17-32-36)19-8-10-34(11-9-19)21-6-7-21/h1-5,12-14,16-17,19,21H,6-11,15H2,(H2,30,31,32). The van der Waals surface area contributed by atoms with Crippen LogP contribution in [0, 0.1) is 5.82 Å². The fraction of sp³-hybridized carbons (Fsp3) is 0.321. The molecule has 2 N–H and O–H groups in total. The second-order valence-corrected chi connectivity index (χ2v) is 10.1. The maximum absolute atomic E-state index is 15.6. The summed E-state index contributed by atoms with van der Waals surface area (Å²) in [4.78, 5) is 6.84. The van der Waals surface area contributed by atoms with Crippen LogP contribution in [0.25, 0.3) is 27.5 Å². The number of piperidine rings is 1. The summed E-state index contributed by atoms with van der Waals surface area (Å²) in [6.45, 7) is 2.82. The molecule has 0 unspecified atom stereocenters. The highest BCUT2D eigenvalue weighted by Gasteiger charge is 2.33. The molecule has 1 aliphatic carbocycles. The summed E-state index contributed by atoms with van der Waals surface area (Å²) in [5, 5.41) is 10.1. The van der Waals surface area contributed by atoms with Gasteiger partial charge in [-0.15, -0.1) is 0 Å². The van der Waals surface area contributed by atoms with Crippen LogP contribution in [0.3, 0.4) is 0 Å². The van der Waals surface area contributed by atoms with Crippen molar-refractivity contribution in [2.24, 2.45) is 0 Å². The van der Waals surface area contributed by atoms with Gasteiger partial charge in [0.2, 0.25) is 0 Å². The molecule has 182 valence electrons. The number of likely N-dealkylation sites (tertiary alicyclic amines) is 1. The minimum Gasteiger partial charge on any atom is -0.382 e. The lowest BCUT2D eigenvalue weighted by Crippen LogP contribution is -2.34. The van der Waals surface area contributed by atoms with Gasteiger partial charge in [-0.25, -0.2) is 13.9 Å². The molecule has 36 heavy (non-hydrogen) atoms. The topological polar surface area (TPSA) is 77.3 Å². The van der Waals surface area contributed by atoms with E-state index in [1.165, 1.54) is 19.2 Å². The van der Waals surface area contributed by atoms with Crippen molar-refractivity contribution in [3.8, 4) is 11.1 Å². The van der Waals surface area contributed by atoms with E-state index in [9.17, 15) is 0 Å². The van der Waals surface area contributed by atoms with Gasteiger partial charge in [-0.3, -0.25) is 4.68 Å². The molecule has 4 heterocycles. The summed E-state index contributed by atoms with van der Waals surface area (Å²) in [7, 11) is 0. The summed E-state index contributed by atoms with van der Waals surface area (Å²) >= 11 is 0. The Morgan fingerprint density at radius 1 is 0.972 bits per heavy atom. The second kappa shape index (κ2) is 8.41. The summed E-state index contributed by atoms with van der Waals surface area (Å²) in [6, 6.07) is 16.4. The molecule has 0 bridgehead atoms. The monoisotopic (exact) mass is 481 g/mol. The number of nitrogens with two attached hydrogens (primary N) is 1. The predicted octanol–water partition coefficient (Wildman–Crippen LogP) is 4.86. The number of anilines is 1. The Hall–Kier alpha value is -3.78. The Labute approximate surface area is 208 Å². The Balaban J connectivity index is 1.28. The summed E-state index contributed by atoms with van der Waals surface area (Å²) < 4.78 is 19.3. The second-order valence-electron chi connectivity index (χ2n) is 10.1. The molecule has 8 heteroatoms. The van der Waals surface area contributed by atoms with Crippen molar-refractivity contribution < 1.29 is 4.39 Å². The van der Waals surface area contributed by atoms with Crippen LogP contribution in [0.1, 0.15) is 42.9 Å². The number of hydrogen-bond donors (Lipinski definition) is 1. The van der Waals surface area contributed by atoms with Crippen LogP contribution in [-0.2, 0) is 6.54 Å². The average molecular weight is 482 g/mol. The number of nitrogens with zero attached hydrogens (tertiary/aromatic N) is 6. The van der Waals surface area contributed by atoms with Crippen molar-refractivity contribution in [2.75, 3.05) is 18.8 Å². The predicted molar refractivity (Wildman–Crippen MR) is 138 cm³/mol. The molecule has 1 saturated carbocycles. The van der Waals surface area contributed by atoms with Gasteiger partial charge in [-0.05, 0) is 62.5 Å². The quantitative estimate of drug-likeness (QED) is 0.388. The van der Waals surface area contributed by atoms with E-state index in [0.29, 0.717) is 29.4 Å². The maximum Gasteiger partial charge on any atom is 0.151 e. The Bertz CT molecular complexity index is 1560. The molecular formula is C28H28FN7. The van der Waals surface area contributed by atoms with E-state index in [0.717, 1.165) is 59.7 Å². The highest BCUT2D eigenvalue weighted by molar-refractivity contribution is 5.93. The normalized spacial score (nSPS) is 17.4. The van der Waals surface area contributed by atoms with Crippen LogP contribution in [0.5, 0.6) is 0 Å². The van der Waals surface area contributed by atoms with E-state index in [2.05, 4.69) is 33.2 Å². The molecule has 7 rings (SSSR count). The zero-order valence-electron chi connectivity index (χ0n) is 20.0. The number of rotatable bonds is 5. The van der Waals surface area contributed by atoms with Crippen LogP contribution in [0.4, 0.5) is 10.2 Å². The first-order chi connectivity index (χ1) is 17.6. The molecule has 2 aliphatic rings. The van der Waals surface area contributed by atoms with E-state index in [4.69, 9.17) is 10.8 Å². The van der Waals surface area contributed by atoms with E-state index >= 15 is 4.39 Å². The molecule has 2 fully saturated rings. The SMILES string of the molecule is Nc1ncnn2c(C3CCN(C4CC4)CC3)cc(-c3cc4nn(Cc5ccccc5)cc4cc3F)c12. The molecule has 0 atom stereocenters. The van der Waals surface area contributed by atoms with Gasteiger partial charge < -0.3 is 10.6 Å². The smallest absolute Gasteiger partial charge is 0.151 e. The number of aromatic nitrogens is 5. The molecular weight excluding hydrogens is 453 g/mol. The van der Waals surface area contributed by atoms with Gasteiger partial charge in [0.25, 0.3) is 0 Å². The summed E-state index contributed by atoms with van der Waals surface area (Å²) in [5.74, 6) is 0.413. The van der Waals surface area contributed by atoms with E-state index < -0.39 is 0 Å². The van der Waals surface area contributed by atoms with Crippen molar-refractivity contribution >= 4 is 22.2 Å². The molecule has 1 saturated heterocycles.